The molecule has 0 saturated carbocycles. The van der Waals surface area contributed by atoms with Gasteiger partial charge in [0.1, 0.15) is 0 Å². The zero-order valence-electron chi connectivity index (χ0n) is 8.00. The van der Waals surface area contributed by atoms with Crippen molar-refractivity contribution in [2.45, 2.75) is 39.0 Å². The molecule has 0 nitrogen and oxygen atoms in total. The second-order valence-corrected chi connectivity index (χ2v) is 2.82. The molecule has 0 spiro atoms. The molecule has 0 aliphatic heterocycles. The fraction of sp³-hybridized carbons (Fsp3) is 0.500. The average Bonchev–Trinajstić information content (AvgIpc) is 2.10. The van der Waals surface area contributed by atoms with Crippen LogP contribution in [-0.4, -0.2) is 0 Å². The Balaban J connectivity index is 3.14. The van der Waals surface area contributed by atoms with Crippen LogP contribution in [0.5, 0.6) is 0 Å². The highest BCUT2D eigenvalue weighted by atomic mass is 13.9. The minimum atomic E-state index is 1.000. The highest BCUT2D eigenvalue weighted by Crippen LogP contribution is 2.00. The van der Waals surface area contributed by atoms with E-state index in [-0.39, 0.29) is 0 Å². The second kappa shape index (κ2) is 10.2. The summed E-state index contributed by atoms with van der Waals surface area (Å²) in [6.07, 6.45) is 16.1. The lowest BCUT2D eigenvalue weighted by molar-refractivity contribution is 0.728. The topological polar surface area (TPSA) is 0 Å². The third-order valence-electron chi connectivity index (χ3n) is 1.66. The number of hydrogen-bond donors (Lipinski definition) is 0. The van der Waals surface area contributed by atoms with Gasteiger partial charge in [0.25, 0.3) is 0 Å². The molecule has 0 aliphatic carbocycles. The van der Waals surface area contributed by atoms with E-state index in [0.717, 1.165) is 6.42 Å². The lowest BCUT2D eigenvalue weighted by Crippen LogP contribution is -1.70. The van der Waals surface area contributed by atoms with Crippen molar-refractivity contribution in [2.24, 2.45) is 0 Å². The van der Waals surface area contributed by atoms with Crippen molar-refractivity contribution in [3.63, 3.8) is 0 Å². The molecule has 0 aromatic heterocycles. The summed E-state index contributed by atoms with van der Waals surface area (Å²) in [6, 6.07) is 0. The fourth-order valence-electron chi connectivity index (χ4n) is 0.962. The molecule has 0 atom stereocenters. The van der Waals surface area contributed by atoms with E-state index in [1.54, 1.807) is 6.08 Å². The summed E-state index contributed by atoms with van der Waals surface area (Å²) >= 11 is 0. The molecule has 0 N–H and O–H groups in total. The molecule has 0 unspecified atom stereocenters. The molecule has 1 radical (unpaired) electrons. The van der Waals surface area contributed by atoms with Crippen molar-refractivity contribution in [1.29, 1.82) is 0 Å². The molecule has 0 aromatic rings. The van der Waals surface area contributed by atoms with Gasteiger partial charge in [0.15, 0.2) is 0 Å². The van der Waals surface area contributed by atoms with Gasteiger partial charge in [0.2, 0.25) is 0 Å². The van der Waals surface area contributed by atoms with Crippen molar-refractivity contribution in [3.05, 3.63) is 37.0 Å². The summed E-state index contributed by atoms with van der Waals surface area (Å²) in [5, 5.41) is 0. The minimum absolute atomic E-state index is 1.000. The molecule has 0 heteroatoms. The summed E-state index contributed by atoms with van der Waals surface area (Å²) in [4.78, 5) is 0. The lowest BCUT2D eigenvalue weighted by atomic mass is 10.2. The molecule has 0 aromatic carbocycles. The summed E-state index contributed by atoms with van der Waals surface area (Å²) in [7, 11) is 0. The molecule has 0 amide bonds. The Bertz CT molecular complexity index is 140. The first-order valence-electron chi connectivity index (χ1n) is 4.77. The molecule has 0 aliphatic rings. The van der Waals surface area contributed by atoms with Crippen LogP contribution in [0.1, 0.15) is 39.0 Å². The normalized spacial score (nSPS) is 11.4. The number of unbranched alkanes of at least 4 members (excludes halogenated alkanes) is 3. The number of hydrogen-bond acceptors (Lipinski definition) is 0. The van der Waals surface area contributed by atoms with E-state index in [9.17, 15) is 0 Å². The van der Waals surface area contributed by atoms with Gasteiger partial charge < -0.3 is 0 Å². The summed E-state index contributed by atoms with van der Waals surface area (Å²) in [5.41, 5.74) is 0. The summed E-state index contributed by atoms with van der Waals surface area (Å²) < 4.78 is 0. The molecule has 0 saturated heterocycles. The van der Waals surface area contributed by atoms with Gasteiger partial charge in [0.05, 0.1) is 0 Å². The number of allylic oxidation sites excluding steroid dienone is 5. The van der Waals surface area contributed by atoms with Gasteiger partial charge in [-0.1, -0.05) is 56.7 Å². The van der Waals surface area contributed by atoms with E-state index in [1.165, 1.54) is 25.7 Å². The fourth-order valence-corrected chi connectivity index (χ4v) is 0.962. The van der Waals surface area contributed by atoms with E-state index in [2.05, 4.69) is 25.2 Å². The van der Waals surface area contributed by atoms with Crippen LogP contribution in [0.4, 0.5) is 0 Å². The van der Waals surface area contributed by atoms with E-state index in [4.69, 9.17) is 6.58 Å². The zero-order chi connectivity index (χ0) is 9.07. The summed E-state index contributed by atoms with van der Waals surface area (Å²) in [5.74, 6) is 0. The quantitative estimate of drug-likeness (QED) is 0.301. The van der Waals surface area contributed by atoms with E-state index in [0.29, 0.717) is 0 Å². The third-order valence-corrected chi connectivity index (χ3v) is 1.66. The molecule has 0 fully saturated rings. The molecule has 0 heterocycles. The van der Waals surface area contributed by atoms with Crippen LogP contribution in [0.25, 0.3) is 0 Å². The predicted octanol–water partition coefficient (Wildman–Crippen LogP) is 4.06. The molecule has 67 valence electrons. The van der Waals surface area contributed by atoms with Gasteiger partial charge in [-0.25, -0.2) is 0 Å². The van der Waals surface area contributed by atoms with E-state index < -0.39 is 0 Å². The van der Waals surface area contributed by atoms with E-state index in [1.807, 2.05) is 6.08 Å². The Morgan fingerprint density at radius 3 is 2.58 bits per heavy atom. The first-order valence-corrected chi connectivity index (χ1v) is 4.77. The molecule has 12 heavy (non-hydrogen) atoms. The maximum atomic E-state index is 5.17. The van der Waals surface area contributed by atoms with Gasteiger partial charge in [-0.2, -0.15) is 0 Å². The first kappa shape index (κ1) is 11.2. The Labute approximate surface area is 76.7 Å². The van der Waals surface area contributed by atoms with Gasteiger partial charge in [-0.15, -0.1) is 0 Å². The summed E-state index contributed by atoms with van der Waals surface area (Å²) in [6.45, 7) is 7.40. The number of rotatable bonds is 7. The third kappa shape index (κ3) is 9.22. The van der Waals surface area contributed by atoms with Crippen LogP contribution in [0.2, 0.25) is 0 Å². The maximum Gasteiger partial charge on any atom is -0.0166 e. The van der Waals surface area contributed by atoms with Crippen LogP contribution in [0.15, 0.2) is 30.4 Å². The van der Waals surface area contributed by atoms with Crippen molar-refractivity contribution >= 4 is 0 Å². The highest BCUT2D eigenvalue weighted by molar-refractivity contribution is 4.99. The van der Waals surface area contributed by atoms with Gasteiger partial charge >= 0.3 is 0 Å². The van der Waals surface area contributed by atoms with Crippen LogP contribution in [0.3, 0.4) is 0 Å². The molecule has 0 rings (SSSR count). The van der Waals surface area contributed by atoms with Crippen molar-refractivity contribution < 1.29 is 0 Å². The minimum Gasteiger partial charge on any atom is -0.0882 e. The lowest BCUT2D eigenvalue weighted by Gasteiger charge is -1.90. The van der Waals surface area contributed by atoms with Gasteiger partial charge in [0, 0.05) is 0 Å². The van der Waals surface area contributed by atoms with Crippen LogP contribution in [0, 0.1) is 6.58 Å². The van der Waals surface area contributed by atoms with Crippen LogP contribution < -0.4 is 0 Å². The predicted molar refractivity (Wildman–Crippen MR) is 55.9 cm³/mol. The molecular formula is C12H19. The largest absolute Gasteiger partial charge is 0.0882 e. The van der Waals surface area contributed by atoms with Gasteiger partial charge in [-0.05, 0) is 19.3 Å². The smallest absolute Gasteiger partial charge is 0.0166 e. The Hall–Kier alpha value is -0.780. The van der Waals surface area contributed by atoms with Crippen molar-refractivity contribution in [1.82, 2.24) is 0 Å². The maximum absolute atomic E-state index is 5.17. The highest BCUT2D eigenvalue weighted by Gasteiger charge is 1.80. The van der Waals surface area contributed by atoms with Crippen molar-refractivity contribution in [2.75, 3.05) is 0 Å². The Morgan fingerprint density at radius 2 is 1.92 bits per heavy atom. The second-order valence-electron chi connectivity index (χ2n) is 2.82. The van der Waals surface area contributed by atoms with Gasteiger partial charge in [-0.3, -0.25) is 0 Å². The van der Waals surface area contributed by atoms with E-state index >= 15 is 0 Å². The Kier molecular flexibility index (Phi) is 9.56. The monoisotopic (exact) mass is 163 g/mol. The molecule has 0 bridgehead atoms. The standard InChI is InChI=1S/C12H19/c1-3-5-7-9-11-12-10-8-6-4-2/h1,3,5,7,11-12H,4,6,8-10H2,2H3. The Morgan fingerprint density at radius 1 is 1.08 bits per heavy atom. The van der Waals surface area contributed by atoms with Crippen molar-refractivity contribution in [3.8, 4) is 0 Å². The van der Waals surface area contributed by atoms with Crippen LogP contribution >= 0.6 is 0 Å². The molecular weight excluding hydrogens is 144 g/mol. The van der Waals surface area contributed by atoms with Crippen LogP contribution in [-0.2, 0) is 0 Å². The first-order chi connectivity index (χ1) is 5.91. The average molecular weight is 163 g/mol. The zero-order valence-corrected chi connectivity index (χ0v) is 8.00. The SMILES string of the molecule is [CH]=CC=CCC=CCCCCC.